The van der Waals surface area contributed by atoms with Gasteiger partial charge in [0.05, 0.1) is 17.8 Å². The number of hydrogen-bond donors (Lipinski definition) is 1. The van der Waals surface area contributed by atoms with Crippen LogP contribution in [-0.4, -0.2) is 11.5 Å². The van der Waals surface area contributed by atoms with E-state index in [9.17, 15) is 0 Å². The zero-order valence-corrected chi connectivity index (χ0v) is 11.4. The molecule has 1 aromatic heterocycles. The molecule has 1 heterocycles. The molecule has 0 saturated carbocycles. The van der Waals surface area contributed by atoms with Gasteiger partial charge in [-0.05, 0) is 31.5 Å². The highest BCUT2D eigenvalue weighted by Gasteiger charge is 2.10. The molecule has 2 rings (SSSR count). The molecule has 0 radical (unpaired) electrons. The number of aromatic nitrogens is 1. The van der Waals surface area contributed by atoms with Gasteiger partial charge in [-0.15, -0.1) is 0 Å². The molecule has 0 amide bonds. The number of nitrogens with zero attached hydrogens (tertiary/aromatic N) is 1. The van der Waals surface area contributed by atoms with E-state index in [1.165, 1.54) is 0 Å². The highest BCUT2D eigenvalue weighted by molar-refractivity contribution is 6.33. The highest BCUT2D eigenvalue weighted by atomic mass is 35.5. The number of halogens is 1. The predicted octanol–water partition coefficient (Wildman–Crippen LogP) is 3.80. The summed E-state index contributed by atoms with van der Waals surface area (Å²) in [6, 6.07) is 5.89. The average molecular weight is 265 g/mol. The zero-order valence-electron chi connectivity index (χ0n) is 10.7. The van der Waals surface area contributed by atoms with Gasteiger partial charge in [0.2, 0.25) is 5.89 Å². The van der Waals surface area contributed by atoms with Gasteiger partial charge in [0.25, 0.3) is 0 Å². The molecule has 0 bridgehead atoms. The van der Waals surface area contributed by atoms with Crippen molar-refractivity contribution < 1.29 is 4.42 Å². The molecule has 1 aromatic carbocycles. The molecule has 0 fully saturated rings. The Morgan fingerprint density at radius 1 is 1.39 bits per heavy atom. The zero-order chi connectivity index (χ0) is 13.0. The molecule has 0 saturated heterocycles. The molecule has 2 aromatic rings. The molecule has 18 heavy (non-hydrogen) atoms. The smallest absolute Gasteiger partial charge is 0.208 e. The lowest BCUT2D eigenvalue weighted by Gasteiger charge is -2.03. The first-order chi connectivity index (χ1) is 8.72. The minimum Gasteiger partial charge on any atom is -0.439 e. The highest BCUT2D eigenvalue weighted by Crippen LogP contribution is 2.30. The summed E-state index contributed by atoms with van der Waals surface area (Å²) in [4.78, 5) is 4.25. The Kier molecular flexibility index (Phi) is 4.39. The van der Waals surface area contributed by atoms with Crippen molar-refractivity contribution >= 4 is 11.6 Å². The molecule has 4 heteroatoms. The van der Waals surface area contributed by atoms with Crippen LogP contribution in [0.1, 0.15) is 24.8 Å². The topological polar surface area (TPSA) is 38.1 Å². The summed E-state index contributed by atoms with van der Waals surface area (Å²) in [5.41, 5.74) is 1.93. The quantitative estimate of drug-likeness (QED) is 0.835. The largest absolute Gasteiger partial charge is 0.439 e. The number of nitrogens with one attached hydrogen (secondary N) is 1. The third-order valence-electron chi connectivity index (χ3n) is 2.71. The third-order valence-corrected chi connectivity index (χ3v) is 3.22. The molecule has 0 atom stereocenters. The molecular formula is C14H17ClN2O. The Hall–Kier alpha value is -1.32. The predicted molar refractivity (Wildman–Crippen MR) is 73.7 cm³/mol. The molecule has 0 spiro atoms. The number of benzene rings is 1. The molecule has 0 aliphatic rings. The Bertz CT molecular complexity index is 522. The third kappa shape index (κ3) is 2.92. The van der Waals surface area contributed by atoms with Crippen molar-refractivity contribution in [3.05, 3.63) is 40.9 Å². The van der Waals surface area contributed by atoms with Gasteiger partial charge in [-0.1, -0.05) is 30.7 Å². The summed E-state index contributed by atoms with van der Waals surface area (Å²) in [7, 11) is 0. The van der Waals surface area contributed by atoms with Crippen LogP contribution in [0.25, 0.3) is 11.3 Å². The van der Waals surface area contributed by atoms with Crippen LogP contribution in [0.3, 0.4) is 0 Å². The first-order valence-corrected chi connectivity index (χ1v) is 6.51. The summed E-state index contributed by atoms with van der Waals surface area (Å²) in [5.74, 6) is 1.41. The fourth-order valence-electron chi connectivity index (χ4n) is 1.73. The summed E-state index contributed by atoms with van der Waals surface area (Å²) in [6.07, 6.45) is 2.82. The van der Waals surface area contributed by atoms with E-state index in [2.05, 4.69) is 17.2 Å². The van der Waals surface area contributed by atoms with Crippen LogP contribution in [-0.2, 0) is 6.54 Å². The molecule has 96 valence electrons. The number of aryl methyl sites for hydroxylation is 1. The molecule has 3 nitrogen and oxygen atoms in total. The van der Waals surface area contributed by atoms with Gasteiger partial charge >= 0.3 is 0 Å². The maximum atomic E-state index is 6.26. The van der Waals surface area contributed by atoms with Gasteiger partial charge in [0.1, 0.15) is 0 Å². The molecular weight excluding hydrogens is 248 g/mol. The summed E-state index contributed by atoms with van der Waals surface area (Å²) in [6.45, 7) is 5.71. The van der Waals surface area contributed by atoms with Crippen LogP contribution in [0.15, 0.2) is 28.8 Å². The monoisotopic (exact) mass is 264 g/mol. The molecule has 1 N–H and O–H groups in total. The average Bonchev–Trinajstić information content (AvgIpc) is 2.82. The van der Waals surface area contributed by atoms with Crippen LogP contribution in [0.2, 0.25) is 5.02 Å². The summed E-state index contributed by atoms with van der Waals surface area (Å²) >= 11 is 6.26. The van der Waals surface area contributed by atoms with Crippen molar-refractivity contribution in [3.8, 4) is 11.3 Å². The second-order valence-electron chi connectivity index (χ2n) is 4.23. The van der Waals surface area contributed by atoms with E-state index in [1.807, 2.05) is 25.1 Å². The van der Waals surface area contributed by atoms with Crippen LogP contribution in [0, 0.1) is 6.92 Å². The lowest BCUT2D eigenvalue weighted by molar-refractivity contribution is 0.478. The van der Waals surface area contributed by atoms with E-state index >= 15 is 0 Å². The first kappa shape index (κ1) is 13.1. The first-order valence-electron chi connectivity index (χ1n) is 6.13. The van der Waals surface area contributed by atoms with Gasteiger partial charge in [-0.3, -0.25) is 0 Å². The summed E-state index contributed by atoms with van der Waals surface area (Å²) in [5, 5.41) is 3.98. The van der Waals surface area contributed by atoms with E-state index in [0.717, 1.165) is 34.9 Å². The van der Waals surface area contributed by atoms with Crippen LogP contribution in [0.4, 0.5) is 0 Å². The van der Waals surface area contributed by atoms with Gasteiger partial charge in [-0.2, -0.15) is 0 Å². The lowest BCUT2D eigenvalue weighted by atomic mass is 10.1. The number of rotatable bonds is 5. The second kappa shape index (κ2) is 6.03. The second-order valence-corrected chi connectivity index (χ2v) is 4.61. The van der Waals surface area contributed by atoms with Crippen molar-refractivity contribution in [2.24, 2.45) is 0 Å². The Morgan fingerprint density at radius 2 is 2.22 bits per heavy atom. The minimum atomic E-state index is 0.650. The van der Waals surface area contributed by atoms with Crippen LogP contribution < -0.4 is 5.32 Å². The van der Waals surface area contributed by atoms with E-state index in [-0.39, 0.29) is 0 Å². The Balaban J connectivity index is 2.16. The minimum absolute atomic E-state index is 0.650. The van der Waals surface area contributed by atoms with Crippen molar-refractivity contribution in [1.82, 2.24) is 10.3 Å². The molecule has 0 aliphatic heterocycles. The van der Waals surface area contributed by atoms with E-state index in [4.69, 9.17) is 16.0 Å². The van der Waals surface area contributed by atoms with E-state index in [0.29, 0.717) is 12.4 Å². The maximum Gasteiger partial charge on any atom is 0.208 e. The SMILES string of the molecule is CCCNCc1ncc(-c2cccc(C)c2Cl)o1. The normalized spacial score (nSPS) is 10.8. The molecule has 0 unspecified atom stereocenters. The van der Waals surface area contributed by atoms with E-state index in [1.54, 1.807) is 6.20 Å². The van der Waals surface area contributed by atoms with Gasteiger partial charge in [0, 0.05) is 5.56 Å². The maximum absolute atomic E-state index is 6.26. The number of oxazole rings is 1. The standard InChI is InChI=1S/C14H17ClN2O/c1-3-7-16-9-13-17-8-12(18-13)11-6-4-5-10(2)14(11)15/h4-6,8,16H,3,7,9H2,1-2H3. The van der Waals surface area contributed by atoms with Gasteiger partial charge in [0.15, 0.2) is 5.76 Å². The Morgan fingerprint density at radius 3 is 3.00 bits per heavy atom. The van der Waals surface area contributed by atoms with Gasteiger partial charge in [-0.25, -0.2) is 4.98 Å². The van der Waals surface area contributed by atoms with Crippen LogP contribution >= 0.6 is 11.6 Å². The van der Waals surface area contributed by atoms with Crippen molar-refractivity contribution in [2.45, 2.75) is 26.8 Å². The molecule has 0 aliphatic carbocycles. The number of hydrogen-bond acceptors (Lipinski definition) is 3. The van der Waals surface area contributed by atoms with Crippen molar-refractivity contribution in [1.29, 1.82) is 0 Å². The fraction of sp³-hybridized carbons (Fsp3) is 0.357. The van der Waals surface area contributed by atoms with Crippen molar-refractivity contribution in [3.63, 3.8) is 0 Å². The fourth-order valence-corrected chi connectivity index (χ4v) is 1.95. The van der Waals surface area contributed by atoms with Crippen LogP contribution in [0.5, 0.6) is 0 Å². The van der Waals surface area contributed by atoms with E-state index < -0.39 is 0 Å². The Labute approximate surface area is 112 Å². The summed E-state index contributed by atoms with van der Waals surface area (Å²) < 4.78 is 5.69. The van der Waals surface area contributed by atoms with Crippen molar-refractivity contribution in [2.75, 3.05) is 6.54 Å². The van der Waals surface area contributed by atoms with Gasteiger partial charge < -0.3 is 9.73 Å². The lowest BCUT2D eigenvalue weighted by Crippen LogP contribution is -2.13.